The number of rotatable bonds is 13. The molecule has 6 N–H and O–H groups in total. The number of benzene rings is 5. The Morgan fingerprint density at radius 2 is 1.26 bits per heavy atom. The zero-order valence-electron chi connectivity index (χ0n) is 38.4. The second kappa shape index (κ2) is 23.1. The number of hydrogen-bond acceptors (Lipinski definition) is 8. The average molecular weight is 939 g/mol. The Labute approximate surface area is 405 Å². The molecule has 356 valence electrons. The molecule has 2 bridgehead atoms. The maximum absolute atomic E-state index is 15.0. The van der Waals surface area contributed by atoms with E-state index in [0.717, 1.165) is 33.2 Å². The van der Waals surface area contributed by atoms with Crippen molar-refractivity contribution in [3.8, 4) is 16.9 Å². The molecule has 0 saturated heterocycles. The number of ketones is 1. The smallest absolute Gasteiger partial charge is 0.326 e. The summed E-state index contributed by atoms with van der Waals surface area (Å²) in [7, 11) is 0. The summed E-state index contributed by atoms with van der Waals surface area (Å²) in [5.41, 5.74) is 6.46. The van der Waals surface area contributed by atoms with Crippen LogP contribution in [0.25, 0.3) is 22.0 Å². The Bertz CT molecular complexity index is 2910. The summed E-state index contributed by atoms with van der Waals surface area (Å²) < 4.78 is 5.84. The number of nitrogens with zero attached hydrogens (tertiary/aromatic N) is 1. The number of carboxylic acids is 1. The van der Waals surface area contributed by atoms with E-state index in [-0.39, 0.29) is 38.5 Å². The Morgan fingerprint density at radius 1 is 0.643 bits per heavy atom. The number of hydrogen-bond donors (Lipinski definition) is 6. The lowest BCUT2D eigenvalue weighted by Gasteiger charge is -2.26. The molecule has 14 heteroatoms. The van der Waals surface area contributed by atoms with Gasteiger partial charge in [-0.25, -0.2) is 4.79 Å². The molecule has 0 radical (unpaired) electrons. The fourth-order valence-electron chi connectivity index (χ4n) is 8.72. The predicted molar refractivity (Wildman–Crippen MR) is 264 cm³/mol. The summed E-state index contributed by atoms with van der Waals surface area (Å²) in [6, 6.07) is 39.6. The molecule has 5 atom stereocenters. The van der Waals surface area contributed by atoms with E-state index < -0.39 is 72.1 Å². The number of carbonyl (C=O) groups excluding carboxylic acids is 5. The third kappa shape index (κ3) is 13.0. The first kappa shape index (κ1) is 48.1. The third-order valence-electron chi connectivity index (χ3n) is 12.6. The van der Waals surface area contributed by atoms with E-state index in [2.05, 4.69) is 31.2 Å². The molecule has 0 unspecified atom stereocenters. The molecule has 0 fully saturated rings. The van der Waals surface area contributed by atoms with Crippen LogP contribution in [0, 0.1) is 5.92 Å². The van der Waals surface area contributed by atoms with Gasteiger partial charge in [0.1, 0.15) is 23.9 Å². The second-order valence-corrected chi connectivity index (χ2v) is 17.6. The van der Waals surface area contributed by atoms with Crippen molar-refractivity contribution in [3.63, 3.8) is 0 Å². The molecule has 4 heterocycles. The number of carboxylic acid groups (broad SMARTS) is 1. The predicted octanol–water partition coefficient (Wildman–Crippen LogP) is 6.12. The lowest BCUT2D eigenvalue weighted by atomic mass is 9.89. The SMILES string of the molecule is O=C1COc2ccc(cc2)C[C@H](C(=O)N[C@H](CCc2ccccc2)C(=O)O)CC(=O)[C@H](Cc2c[nH]c3ccccc23)NC(=O)[C@@H](Cc2ccc(-c3ccccc3)cc2)NC(=O)[C@H](Cc2ccncc2)N1. The summed E-state index contributed by atoms with van der Waals surface area (Å²) in [4.78, 5) is 92.2. The Kier molecular flexibility index (Phi) is 15.8. The first-order chi connectivity index (χ1) is 34.0. The van der Waals surface area contributed by atoms with Gasteiger partial charge in [0.2, 0.25) is 17.7 Å². The molecule has 70 heavy (non-hydrogen) atoms. The Morgan fingerprint density at radius 3 is 1.96 bits per heavy atom. The zero-order valence-corrected chi connectivity index (χ0v) is 38.4. The minimum absolute atomic E-state index is 0.0121. The summed E-state index contributed by atoms with van der Waals surface area (Å²) >= 11 is 0. The van der Waals surface area contributed by atoms with E-state index in [1.54, 1.807) is 55.0 Å². The van der Waals surface area contributed by atoms with Crippen LogP contribution in [0.4, 0.5) is 0 Å². The van der Waals surface area contributed by atoms with Crippen molar-refractivity contribution in [1.82, 2.24) is 31.2 Å². The van der Waals surface area contributed by atoms with Crippen LogP contribution >= 0.6 is 0 Å². The minimum atomic E-state index is -1.25. The number of Topliss-reactive ketones (excluding diaryl/α,β-unsaturated/α-hetero) is 1. The molecule has 4 amide bonds. The standard InChI is InChI=1S/C56H54N6O8/c63-51-33-42(53(65)60-47(56(68)69)24-19-36-9-3-1-4-10-36)29-37-17-22-44(23-18-37)70-35-52(64)59-49(31-39-25-27-57-28-26-39)54(66)62-50(30-38-15-20-41(21-16-38)40-11-5-2-6-12-40)55(67)61-48(51)32-43-34-58-46-14-8-7-13-45(43)46/h1-18,20-23,25-28,34,42,47-50,58H,19,24,29-33,35H2,(H,59,64)(H,60,65)(H,61,67)(H,62,66)(H,68,69)/t42-,47+,48-,49-,50+/m0/s1. The Balaban J connectivity index is 1.14. The number of pyridine rings is 1. The van der Waals surface area contributed by atoms with E-state index in [9.17, 15) is 33.9 Å². The first-order valence-electron chi connectivity index (χ1n) is 23.3. The van der Waals surface area contributed by atoms with E-state index in [1.165, 1.54) is 0 Å². The number of nitrogens with one attached hydrogen (secondary N) is 5. The van der Waals surface area contributed by atoms with Crippen molar-refractivity contribution in [2.45, 2.75) is 69.1 Å². The highest BCUT2D eigenvalue weighted by Crippen LogP contribution is 2.24. The molecule has 14 nitrogen and oxygen atoms in total. The minimum Gasteiger partial charge on any atom is -0.484 e. The lowest BCUT2D eigenvalue weighted by molar-refractivity contribution is -0.143. The highest BCUT2D eigenvalue weighted by molar-refractivity contribution is 5.97. The normalized spacial score (nSPS) is 18.5. The van der Waals surface area contributed by atoms with Crippen molar-refractivity contribution < 1.29 is 38.6 Å². The van der Waals surface area contributed by atoms with Gasteiger partial charge in [0.15, 0.2) is 12.4 Å². The van der Waals surface area contributed by atoms with Gasteiger partial charge in [0, 0.05) is 61.1 Å². The van der Waals surface area contributed by atoms with E-state index in [4.69, 9.17) is 4.74 Å². The van der Waals surface area contributed by atoms with Crippen molar-refractivity contribution >= 4 is 46.3 Å². The number of aromatic nitrogens is 2. The van der Waals surface area contributed by atoms with Crippen LogP contribution in [-0.4, -0.2) is 81.2 Å². The number of ether oxygens (including phenoxy) is 1. The van der Waals surface area contributed by atoms with Crippen molar-refractivity contribution in [3.05, 3.63) is 192 Å². The summed E-state index contributed by atoms with van der Waals surface area (Å²) in [6.07, 6.45) is 5.20. The van der Waals surface area contributed by atoms with Crippen molar-refractivity contribution in [1.29, 1.82) is 0 Å². The molecule has 9 rings (SSSR count). The first-order valence-corrected chi connectivity index (χ1v) is 23.3. The van der Waals surface area contributed by atoms with Crippen LogP contribution in [0.5, 0.6) is 5.75 Å². The van der Waals surface area contributed by atoms with Gasteiger partial charge in [0.25, 0.3) is 5.91 Å². The van der Waals surface area contributed by atoms with Crippen molar-refractivity contribution in [2.24, 2.45) is 5.92 Å². The van der Waals surface area contributed by atoms with Gasteiger partial charge in [-0.2, -0.15) is 0 Å². The number of aromatic amines is 1. The third-order valence-corrected chi connectivity index (χ3v) is 12.6. The highest BCUT2D eigenvalue weighted by Gasteiger charge is 2.34. The van der Waals surface area contributed by atoms with Gasteiger partial charge in [-0.1, -0.05) is 115 Å². The van der Waals surface area contributed by atoms with Crippen LogP contribution in [-0.2, 0) is 60.9 Å². The van der Waals surface area contributed by atoms with Crippen molar-refractivity contribution in [2.75, 3.05) is 6.61 Å². The van der Waals surface area contributed by atoms with Crippen LogP contribution in [0.15, 0.2) is 164 Å². The lowest BCUT2D eigenvalue weighted by Crippen LogP contribution is -2.57. The number of carbonyl (C=O) groups is 6. The summed E-state index contributed by atoms with van der Waals surface area (Å²) in [6.45, 7) is -0.439. The topological polar surface area (TPSA) is 209 Å². The maximum atomic E-state index is 15.0. The maximum Gasteiger partial charge on any atom is 0.326 e. The van der Waals surface area contributed by atoms with Crippen LogP contribution < -0.4 is 26.0 Å². The molecule has 2 aliphatic heterocycles. The van der Waals surface area contributed by atoms with E-state index in [0.29, 0.717) is 28.9 Å². The molecule has 5 aromatic carbocycles. The molecule has 2 aliphatic rings. The molecule has 2 aromatic heterocycles. The van der Waals surface area contributed by atoms with Gasteiger partial charge in [-0.3, -0.25) is 29.0 Å². The quantitative estimate of drug-likeness (QED) is 0.0735. The molecule has 7 aromatic rings. The fourth-order valence-corrected chi connectivity index (χ4v) is 8.72. The van der Waals surface area contributed by atoms with Gasteiger partial charge in [0.05, 0.1) is 6.04 Å². The van der Waals surface area contributed by atoms with Gasteiger partial charge >= 0.3 is 5.97 Å². The number of H-pyrrole nitrogens is 1. The number of amides is 4. The highest BCUT2D eigenvalue weighted by atomic mass is 16.5. The zero-order chi connectivity index (χ0) is 48.8. The van der Waals surface area contributed by atoms with Crippen LogP contribution in [0.3, 0.4) is 0 Å². The van der Waals surface area contributed by atoms with E-state index >= 15 is 0 Å². The summed E-state index contributed by atoms with van der Waals surface area (Å²) in [5, 5.41) is 22.5. The fraction of sp³-hybridized carbons (Fsp3) is 0.232. The number of aryl methyl sites for hydroxylation is 1. The van der Waals surface area contributed by atoms with Gasteiger partial charge in [-0.05, 0) is 88.5 Å². The number of fused-ring (bicyclic) bond motifs is 17. The van der Waals surface area contributed by atoms with E-state index in [1.807, 2.05) is 109 Å². The number of aliphatic carboxylic acids is 1. The average Bonchev–Trinajstić information content (AvgIpc) is 3.79. The van der Waals surface area contributed by atoms with Crippen LogP contribution in [0.1, 0.15) is 40.7 Å². The molecule has 0 saturated carbocycles. The summed E-state index contributed by atoms with van der Waals surface area (Å²) in [5.74, 6) is -4.97. The van der Waals surface area contributed by atoms with Gasteiger partial charge in [-0.15, -0.1) is 0 Å². The molecular weight excluding hydrogens is 885 g/mol. The number of para-hydroxylation sites is 1. The monoisotopic (exact) mass is 938 g/mol. The Hall–Kier alpha value is -8.39. The molecule has 0 aliphatic carbocycles. The van der Waals surface area contributed by atoms with Crippen LogP contribution in [0.2, 0.25) is 0 Å². The molecule has 0 spiro atoms. The van der Waals surface area contributed by atoms with Gasteiger partial charge < -0.3 is 36.1 Å². The second-order valence-electron chi connectivity index (χ2n) is 17.6. The largest absolute Gasteiger partial charge is 0.484 e. The molecular formula is C56H54N6O8.